The molecule has 0 radical (unpaired) electrons. The van der Waals surface area contributed by atoms with E-state index in [2.05, 4.69) is 15.4 Å². The summed E-state index contributed by atoms with van der Waals surface area (Å²) in [5.74, 6) is 0.511. The van der Waals surface area contributed by atoms with Crippen LogP contribution in [0.3, 0.4) is 0 Å². The second kappa shape index (κ2) is 4.48. The molecule has 2 aromatic heterocycles. The molecule has 1 N–H and O–H groups in total. The fourth-order valence-corrected chi connectivity index (χ4v) is 2.65. The molecule has 1 unspecified atom stereocenters. The van der Waals surface area contributed by atoms with Gasteiger partial charge in [0.05, 0.1) is 23.1 Å². The van der Waals surface area contributed by atoms with Crippen LogP contribution in [0.15, 0.2) is 5.38 Å². The minimum atomic E-state index is -0.671. The number of halogens is 1. The molecular weight excluding hydrogens is 248 g/mol. The molecule has 0 spiro atoms. The lowest BCUT2D eigenvalue weighted by molar-refractivity contribution is 0.179. The van der Waals surface area contributed by atoms with Crippen LogP contribution in [0.25, 0.3) is 0 Å². The van der Waals surface area contributed by atoms with Crippen LogP contribution in [-0.4, -0.2) is 25.3 Å². The first-order valence-corrected chi connectivity index (χ1v) is 5.98. The minimum absolute atomic E-state index is 0.327. The lowest BCUT2D eigenvalue weighted by Gasteiger charge is -2.06. The summed E-state index contributed by atoms with van der Waals surface area (Å²) >= 11 is 7.51. The van der Waals surface area contributed by atoms with Gasteiger partial charge in [-0.3, -0.25) is 0 Å². The Balaban J connectivity index is 2.14. The van der Waals surface area contributed by atoms with Gasteiger partial charge in [-0.2, -0.15) is 4.80 Å². The standard InChI is InChI=1S/C9H11ClN4OS/c1-5-4-16-9(8(5)10)6(15)3-7-11-13-14(2)12-7/h4,6,15H,3H2,1-2H3. The van der Waals surface area contributed by atoms with Gasteiger partial charge in [0.15, 0.2) is 5.82 Å². The molecule has 0 fully saturated rings. The predicted molar refractivity (Wildman–Crippen MR) is 61.5 cm³/mol. The first kappa shape index (κ1) is 11.5. The summed E-state index contributed by atoms with van der Waals surface area (Å²) in [5.41, 5.74) is 0.979. The van der Waals surface area contributed by atoms with Gasteiger partial charge in [0.25, 0.3) is 0 Å². The average Bonchev–Trinajstić information content (AvgIpc) is 2.76. The molecule has 0 saturated heterocycles. The molecule has 0 bridgehead atoms. The summed E-state index contributed by atoms with van der Waals surface area (Å²) in [6, 6.07) is 0. The zero-order chi connectivity index (χ0) is 11.7. The number of aliphatic hydroxyl groups is 1. The first-order valence-electron chi connectivity index (χ1n) is 4.72. The van der Waals surface area contributed by atoms with Crippen LogP contribution in [-0.2, 0) is 13.5 Å². The number of thiophene rings is 1. The number of aryl methyl sites for hydroxylation is 2. The summed E-state index contributed by atoms with van der Waals surface area (Å²) in [6.07, 6.45) is -0.344. The third-order valence-electron chi connectivity index (χ3n) is 2.15. The molecule has 0 aromatic carbocycles. The van der Waals surface area contributed by atoms with Gasteiger partial charge in [0, 0.05) is 6.42 Å². The Labute approximate surface area is 102 Å². The zero-order valence-electron chi connectivity index (χ0n) is 8.88. The summed E-state index contributed by atoms with van der Waals surface area (Å²) < 4.78 is 0. The first-order chi connectivity index (χ1) is 7.58. The van der Waals surface area contributed by atoms with Gasteiger partial charge in [-0.05, 0) is 23.1 Å². The van der Waals surface area contributed by atoms with E-state index in [1.54, 1.807) is 7.05 Å². The van der Waals surface area contributed by atoms with Gasteiger partial charge < -0.3 is 5.11 Å². The maximum atomic E-state index is 9.99. The molecule has 2 rings (SSSR count). The van der Waals surface area contributed by atoms with Crippen molar-refractivity contribution in [2.75, 3.05) is 0 Å². The number of aromatic nitrogens is 4. The second-order valence-corrected chi connectivity index (χ2v) is 4.80. The van der Waals surface area contributed by atoms with Crippen LogP contribution >= 0.6 is 22.9 Å². The average molecular weight is 259 g/mol. The van der Waals surface area contributed by atoms with Crippen molar-refractivity contribution in [3.8, 4) is 0 Å². The van der Waals surface area contributed by atoms with Crippen molar-refractivity contribution >= 4 is 22.9 Å². The van der Waals surface area contributed by atoms with Crippen LogP contribution in [0.4, 0.5) is 0 Å². The molecular formula is C9H11ClN4OS. The number of hydrogen-bond acceptors (Lipinski definition) is 5. The van der Waals surface area contributed by atoms with Crippen LogP contribution in [0.5, 0.6) is 0 Å². The summed E-state index contributed by atoms with van der Waals surface area (Å²) in [6.45, 7) is 1.91. The van der Waals surface area contributed by atoms with Crippen LogP contribution < -0.4 is 0 Å². The van der Waals surface area contributed by atoms with Gasteiger partial charge in [-0.1, -0.05) is 11.6 Å². The van der Waals surface area contributed by atoms with E-state index >= 15 is 0 Å². The van der Waals surface area contributed by atoms with Gasteiger partial charge in [-0.15, -0.1) is 21.5 Å². The number of aliphatic hydroxyl groups excluding tert-OH is 1. The van der Waals surface area contributed by atoms with Crippen molar-refractivity contribution < 1.29 is 5.11 Å². The minimum Gasteiger partial charge on any atom is -0.387 e. The lowest BCUT2D eigenvalue weighted by Crippen LogP contribution is -2.02. The predicted octanol–water partition coefficient (Wildman–Crippen LogP) is 1.51. The van der Waals surface area contributed by atoms with Crippen molar-refractivity contribution in [2.45, 2.75) is 19.4 Å². The van der Waals surface area contributed by atoms with E-state index in [1.165, 1.54) is 16.1 Å². The lowest BCUT2D eigenvalue weighted by atomic mass is 10.2. The third kappa shape index (κ3) is 2.23. The largest absolute Gasteiger partial charge is 0.387 e. The van der Waals surface area contributed by atoms with Crippen LogP contribution in [0.2, 0.25) is 5.02 Å². The Kier molecular flexibility index (Phi) is 3.22. The molecule has 0 amide bonds. The molecule has 7 heteroatoms. The van der Waals surface area contributed by atoms with Crippen molar-refractivity contribution in [1.29, 1.82) is 0 Å². The molecule has 16 heavy (non-hydrogen) atoms. The third-order valence-corrected chi connectivity index (χ3v) is 3.97. The highest BCUT2D eigenvalue weighted by Gasteiger charge is 2.18. The Morgan fingerprint density at radius 1 is 1.62 bits per heavy atom. The smallest absolute Gasteiger partial charge is 0.177 e. The molecule has 1 atom stereocenters. The molecule has 5 nitrogen and oxygen atoms in total. The fraction of sp³-hybridized carbons (Fsp3) is 0.444. The van der Waals surface area contributed by atoms with E-state index in [4.69, 9.17) is 11.6 Å². The summed E-state index contributed by atoms with van der Waals surface area (Å²) in [7, 11) is 1.69. The highest BCUT2D eigenvalue weighted by Crippen LogP contribution is 2.33. The van der Waals surface area contributed by atoms with Gasteiger partial charge >= 0.3 is 0 Å². The quantitative estimate of drug-likeness (QED) is 0.906. The Morgan fingerprint density at radius 3 is 2.88 bits per heavy atom. The van der Waals surface area contributed by atoms with Crippen LogP contribution in [0, 0.1) is 6.92 Å². The molecule has 86 valence electrons. The summed E-state index contributed by atoms with van der Waals surface area (Å²) in [5, 5.41) is 24.1. The molecule has 0 aliphatic heterocycles. The van der Waals surface area contributed by atoms with Crippen molar-refractivity contribution in [3.05, 3.63) is 26.7 Å². The molecule has 0 aliphatic rings. The Bertz CT molecular complexity index is 495. The number of tetrazole rings is 1. The SMILES string of the molecule is Cc1csc(C(O)Cc2nnn(C)n2)c1Cl. The highest BCUT2D eigenvalue weighted by atomic mass is 35.5. The van der Waals surface area contributed by atoms with E-state index in [1.807, 2.05) is 12.3 Å². The summed E-state index contributed by atoms with van der Waals surface area (Å²) in [4.78, 5) is 2.12. The van der Waals surface area contributed by atoms with E-state index < -0.39 is 6.10 Å². The molecule has 0 aliphatic carbocycles. The van der Waals surface area contributed by atoms with Gasteiger partial charge in [0.1, 0.15) is 0 Å². The second-order valence-electron chi connectivity index (χ2n) is 3.51. The van der Waals surface area contributed by atoms with E-state index in [9.17, 15) is 5.11 Å². The van der Waals surface area contributed by atoms with E-state index in [0.29, 0.717) is 17.3 Å². The van der Waals surface area contributed by atoms with Crippen molar-refractivity contribution in [2.24, 2.45) is 7.05 Å². The Morgan fingerprint density at radius 2 is 2.38 bits per heavy atom. The van der Waals surface area contributed by atoms with Crippen LogP contribution in [0.1, 0.15) is 22.4 Å². The monoisotopic (exact) mass is 258 g/mol. The number of hydrogen-bond donors (Lipinski definition) is 1. The Hall–Kier alpha value is -0.980. The van der Waals surface area contributed by atoms with Crippen molar-refractivity contribution in [1.82, 2.24) is 20.2 Å². The molecule has 2 aromatic rings. The number of rotatable bonds is 3. The number of nitrogens with zero attached hydrogens (tertiary/aromatic N) is 4. The highest BCUT2D eigenvalue weighted by molar-refractivity contribution is 7.10. The maximum Gasteiger partial charge on any atom is 0.177 e. The topological polar surface area (TPSA) is 63.8 Å². The maximum absolute atomic E-state index is 9.99. The normalized spacial score (nSPS) is 13.0. The van der Waals surface area contributed by atoms with E-state index in [0.717, 1.165) is 10.4 Å². The molecule has 2 heterocycles. The fourth-order valence-electron chi connectivity index (χ4n) is 1.35. The zero-order valence-corrected chi connectivity index (χ0v) is 10.5. The molecule has 0 saturated carbocycles. The van der Waals surface area contributed by atoms with Crippen molar-refractivity contribution in [3.63, 3.8) is 0 Å². The van der Waals surface area contributed by atoms with E-state index in [-0.39, 0.29) is 0 Å². The van der Waals surface area contributed by atoms with Gasteiger partial charge in [0.2, 0.25) is 0 Å². The van der Waals surface area contributed by atoms with Gasteiger partial charge in [-0.25, -0.2) is 0 Å².